The smallest absolute Gasteiger partial charge is 0.276 e. The molecule has 1 aromatic heterocycles. The lowest BCUT2D eigenvalue weighted by Gasteiger charge is -2.02. The minimum absolute atomic E-state index is 0.331. The van der Waals surface area contributed by atoms with Crippen LogP contribution in [0.25, 0.3) is 0 Å². The van der Waals surface area contributed by atoms with E-state index >= 15 is 0 Å². The third-order valence-corrected chi connectivity index (χ3v) is 4.27. The van der Waals surface area contributed by atoms with Crippen molar-refractivity contribution in [1.82, 2.24) is 4.98 Å². The Bertz CT molecular complexity index is 631. The highest BCUT2D eigenvalue weighted by Gasteiger charge is 2.16. The summed E-state index contributed by atoms with van der Waals surface area (Å²) in [4.78, 5) is 16.3. The Morgan fingerprint density at radius 1 is 1.50 bits per heavy atom. The second-order valence-corrected chi connectivity index (χ2v) is 5.96. The molecular formula is C13H11Cl2FN2OS. The van der Waals surface area contributed by atoms with Crippen molar-refractivity contribution in [2.75, 3.05) is 5.32 Å². The molecule has 0 spiro atoms. The van der Waals surface area contributed by atoms with Gasteiger partial charge in [-0.05, 0) is 18.6 Å². The average Bonchev–Trinajstić information content (AvgIpc) is 2.72. The molecule has 0 saturated heterocycles. The molecule has 0 saturated carbocycles. The number of thiazole rings is 1. The third kappa shape index (κ3) is 3.69. The van der Waals surface area contributed by atoms with Crippen LogP contribution in [0.1, 0.15) is 16.1 Å². The number of anilines is 1. The molecule has 0 aliphatic rings. The molecule has 0 radical (unpaired) electrons. The highest BCUT2D eigenvalue weighted by Crippen LogP contribution is 2.27. The summed E-state index contributed by atoms with van der Waals surface area (Å²) in [5.41, 5.74) is -0.332. The van der Waals surface area contributed by atoms with Crippen molar-refractivity contribution in [1.29, 1.82) is 0 Å². The van der Waals surface area contributed by atoms with Crippen LogP contribution in [0, 0.1) is 6.92 Å². The minimum atomic E-state index is -2.08. The quantitative estimate of drug-likeness (QED) is 0.854. The summed E-state index contributed by atoms with van der Waals surface area (Å²) < 4.78 is 12.6. The van der Waals surface area contributed by atoms with Crippen molar-refractivity contribution < 1.29 is 9.18 Å². The van der Waals surface area contributed by atoms with Gasteiger partial charge in [0.2, 0.25) is 0 Å². The number of hydrogen-bond donors (Lipinski definition) is 1. The van der Waals surface area contributed by atoms with E-state index in [0.717, 1.165) is 16.1 Å². The van der Waals surface area contributed by atoms with Gasteiger partial charge in [-0.25, -0.2) is 9.37 Å². The van der Waals surface area contributed by atoms with E-state index in [1.807, 2.05) is 31.2 Å². The molecule has 1 atom stereocenters. The molecule has 2 rings (SSSR count). The molecule has 1 unspecified atom stereocenters. The topological polar surface area (TPSA) is 42.0 Å². The lowest BCUT2D eigenvalue weighted by atomic mass is 10.1. The summed E-state index contributed by atoms with van der Waals surface area (Å²) in [5.74, 6) is -0.912. The molecule has 0 aliphatic carbocycles. The number of hydrogen-bond acceptors (Lipinski definition) is 3. The fourth-order valence-corrected chi connectivity index (χ4v) is 2.87. The summed E-state index contributed by atoms with van der Waals surface area (Å²) in [6.07, 6.45) is 0.610. The van der Waals surface area contributed by atoms with Gasteiger partial charge in [0.25, 0.3) is 11.5 Å². The van der Waals surface area contributed by atoms with E-state index in [9.17, 15) is 9.18 Å². The van der Waals surface area contributed by atoms with Gasteiger partial charge >= 0.3 is 0 Å². The van der Waals surface area contributed by atoms with E-state index in [-0.39, 0.29) is 0 Å². The summed E-state index contributed by atoms with van der Waals surface area (Å²) in [6, 6.07) is 7.51. The first-order valence-electron chi connectivity index (χ1n) is 5.76. The number of nitrogens with one attached hydrogen (secondary N) is 1. The Hall–Kier alpha value is -1.17. The molecule has 1 amide bonds. The van der Waals surface area contributed by atoms with Gasteiger partial charge in [0.05, 0.1) is 5.69 Å². The third-order valence-electron chi connectivity index (χ3n) is 2.63. The van der Waals surface area contributed by atoms with Crippen molar-refractivity contribution in [2.45, 2.75) is 19.0 Å². The fourth-order valence-electron chi connectivity index (χ4n) is 1.62. The first-order chi connectivity index (χ1) is 9.47. The Morgan fingerprint density at radius 3 is 2.85 bits per heavy atom. The largest absolute Gasteiger partial charge is 0.298 e. The Morgan fingerprint density at radius 2 is 2.20 bits per heavy atom. The Labute approximate surface area is 129 Å². The fraction of sp³-hybridized carbons (Fsp3) is 0.231. The Balaban J connectivity index is 2.16. The predicted octanol–water partition coefficient (Wildman–Crippen LogP) is 4.17. The number of benzene rings is 1. The molecule has 7 heteroatoms. The molecular weight excluding hydrogens is 322 g/mol. The van der Waals surface area contributed by atoms with Crippen LogP contribution in [0.15, 0.2) is 24.3 Å². The van der Waals surface area contributed by atoms with Gasteiger partial charge in [-0.15, -0.1) is 11.3 Å². The first-order valence-corrected chi connectivity index (χ1v) is 7.39. The van der Waals surface area contributed by atoms with Gasteiger partial charge < -0.3 is 0 Å². The van der Waals surface area contributed by atoms with Crippen LogP contribution in [-0.2, 0) is 11.2 Å². The number of carbonyl (C=O) groups excluding carboxylic acids is 1. The SMILES string of the molecule is Cc1nc(NC(=O)C(F)Cl)sc1Cc1ccccc1Cl. The van der Waals surface area contributed by atoms with Crippen LogP contribution in [-0.4, -0.2) is 16.5 Å². The first kappa shape index (κ1) is 15.2. The van der Waals surface area contributed by atoms with Crippen molar-refractivity contribution in [3.63, 3.8) is 0 Å². The highest BCUT2D eigenvalue weighted by molar-refractivity contribution is 7.15. The molecule has 1 aromatic carbocycles. The van der Waals surface area contributed by atoms with Gasteiger partial charge in [0.1, 0.15) is 0 Å². The molecule has 0 bridgehead atoms. The van der Waals surface area contributed by atoms with Crippen molar-refractivity contribution >= 4 is 45.6 Å². The van der Waals surface area contributed by atoms with E-state index in [0.29, 0.717) is 16.6 Å². The lowest BCUT2D eigenvalue weighted by molar-refractivity contribution is -0.118. The molecule has 3 nitrogen and oxygen atoms in total. The van der Waals surface area contributed by atoms with E-state index in [1.54, 1.807) is 0 Å². The van der Waals surface area contributed by atoms with E-state index in [1.165, 1.54) is 11.3 Å². The summed E-state index contributed by atoms with van der Waals surface area (Å²) in [6.45, 7) is 1.83. The summed E-state index contributed by atoms with van der Waals surface area (Å²) in [5, 5.41) is 3.34. The maximum absolute atomic E-state index is 12.6. The zero-order valence-corrected chi connectivity index (χ0v) is 12.8. The molecule has 2 aromatic rings. The van der Waals surface area contributed by atoms with Gasteiger partial charge in [0, 0.05) is 16.3 Å². The Kier molecular flexibility index (Phi) is 4.96. The van der Waals surface area contributed by atoms with Crippen LogP contribution in [0.5, 0.6) is 0 Å². The van der Waals surface area contributed by atoms with E-state index < -0.39 is 11.5 Å². The molecule has 1 heterocycles. The molecule has 1 N–H and O–H groups in total. The number of rotatable bonds is 4. The van der Waals surface area contributed by atoms with E-state index in [4.69, 9.17) is 23.2 Å². The van der Waals surface area contributed by atoms with Crippen molar-refractivity contribution in [3.8, 4) is 0 Å². The average molecular weight is 333 g/mol. The van der Waals surface area contributed by atoms with Crippen LogP contribution in [0.4, 0.5) is 9.52 Å². The van der Waals surface area contributed by atoms with Crippen LogP contribution >= 0.6 is 34.5 Å². The van der Waals surface area contributed by atoms with Crippen LogP contribution in [0.3, 0.4) is 0 Å². The van der Waals surface area contributed by atoms with Crippen molar-refractivity contribution in [3.05, 3.63) is 45.4 Å². The monoisotopic (exact) mass is 332 g/mol. The van der Waals surface area contributed by atoms with Crippen molar-refractivity contribution in [2.24, 2.45) is 0 Å². The number of alkyl halides is 2. The summed E-state index contributed by atoms with van der Waals surface area (Å²) >= 11 is 12.4. The standard InChI is InChI=1S/C13H11Cl2FN2OS/c1-7-10(6-8-4-2-3-5-9(8)14)20-13(17-7)18-12(19)11(15)16/h2-5,11H,6H2,1H3,(H,17,18,19). The molecule has 106 valence electrons. The predicted molar refractivity (Wildman–Crippen MR) is 80.5 cm³/mol. The normalized spacial score (nSPS) is 12.2. The van der Waals surface area contributed by atoms with Gasteiger partial charge in [-0.3, -0.25) is 10.1 Å². The lowest BCUT2D eigenvalue weighted by Crippen LogP contribution is -2.19. The number of amides is 1. The molecule has 0 fully saturated rings. The minimum Gasteiger partial charge on any atom is -0.298 e. The van der Waals surface area contributed by atoms with Crippen LogP contribution in [0.2, 0.25) is 5.02 Å². The summed E-state index contributed by atoms with van der Waals surface area (Å²) in [7, 11) is 0. The number of aryl methyl sites for hydroxylation is 1. The number of halogens is 3. The maximum atomic E-state index is 12.6. The number of aromatic nitrogens is 1. The number of carbonyl (C=O) groups is 1. The molecule has 20 heavy (non-hydrogen) atoms. The van der Waals surface area contributed by atoms with Gasteiger partial charge in [0.15, 0.2) is 5.13 Å². The van der Waals surface area contributed by atoms with Gasteiger partial charge in [-0.2, -0.15) is 0 Å². The molecule has 0 aliphatic heterocycles. The highest BCUT2D eigenvalue weighted by atomic mass is 35.5. The van der Waals surface area contributed by atoms with Crippen LogP contribution < -0.4 is 5.32 Å². The second-order valence-electron chi connectivity index (χ2n) is 4.09. The zero-order valence-electron chi connectivity index (χ0n) is 10.5. The van der Waals surface area contributed by atoms with E-state index in [2.05, 4.69) is 10.3 Å². The zero-order chi connectivity index (χ0) is 14.7. The second kappa shape index (κ2) is 6.52. The van der Waals surface area contributed by atoms with Gasteiger partial charge in [-0.1, -0.05) is 41.4 Å². The number of nitrogens with zero attached hydrogens (tertiary/aromatic N) is 1. The maximum Gasteiger partial charge on any atom is 0.276 e.